The van der Waals surface area contributed by atoms with Crippen molar-refractivity contribution in [3.63, 3.8) is 0 Å². The second-order valence-electron chi connectivity index (χ2n) is 7.17. The summed E-state index contributed by atoms with van der Waals surface area (Å²) in [5.41, 5.74) is 3.44. The lowest BCUT2D eigenvalue weighted by molar-refractivity contribution is -0.123. The Bertz CT molecular complexity index is 1180. The van der Waals surface area contributed by atoms with Crippen LogP contribution in [0.15, 0.2) is 59.5 Å². The number of nitrogens with zero attached hydrogens (tertiary/aromatic N) is 1. The number of aliphatic hydroxyl groups excluding tert-OH is 1. The molecular weight excluding hydrogens is 407 g/mol. The fourth-order valence-corrected chi connectivity index (χ4v) is 3.96. The number of aliphatic hydroxyl groups is 1. The van der Waals surface area contributed by atoms with Gasteiger partial charge >= 0.3 is 0 Å². The van der Waals surface area contributed by atoms with E-state index in [-0.39, 0.29) is 17.2 Å². The highest BCUT2D eigenvalue weighted by atomic mass is 32.2. The molecule has 2 aromatic carbocycles. The predicted molar refractivity (Wildman–Crippen MR) is 113 cm³/mol. The van der Waals surface area contributed by atoms with E-state index < -0.39 is 21.9 Å². The van der Waals surface area contributed by atoms with Crippen molar-refractivity contribution < 1.29 is 22.7 Å². The van der Waals surface area contributed by atoms with E-state index in [9.17, 15) is 22.7 Å². The van der Waals surface area contributed by atoms with Gasteiger partial charge in [-0.1, -0.05) is 18.2 Å². The first-order chi connectivity index (χ1) is 14.1. The van der Waals surface area contributed by atoms with Crippen LogP contribution in [0.3, 0.4) is 0 Å². The van der Waals surface area contributed by atoms with E-state index in [1.165, 1.54) is 31.2 Å². The first-order valence-corrected chi connectivity index (χ1v) is 11.2. The van der Waals surface area contributed by atoms with Crippen LogP contribution in [0.4, 0.5) is 4.39 Å². The van der Waals surface area contributed by atoms with Gasteiger partial charge in [-0.15, -0.1) is 0 Å². The average molecular weight is 431 g/mol. The van der Waals surface area contributed by atoms with Crippen LogP contribution >= 0.6 is 0 Å². The molecule has 1 unspecified atom stereocenters. The molecule has 2 N–H and O–H groups in total. The summed E-state index contributed by atoms with van der Waals surface area (Å²) >= 11 is 0. The number of halogens is 1. The Morgan fingerprint density at radius 2 is 1.83 bits per heavy atom. The normalized spacial score (nSPS) is 12.6. The van der Waals surface area contributed by atoms with Crippen molar-refractivity contribution in [1.82, 2.24) is 9.88 Å². The number of carbonyl (C=O) groups is 1. The lowest BCUT2D eigenvalue weighted by Crippen LogP contribution is -2.33. The summed E-state index contributed by atoms with van der Waals surface area (Å²) in [6.07, 6.45) is 0.208. The molecule has 1 amide bonds. The molecule has 0 radical (unpaired) electrons. The molecule has 6 nitrogen and oxygen atoms in total. The van der Waals surface area contributed by atoms with Crippen molar-refractivity contribution >= 4 is 15.7 Å². The lowest BCUT2D eigenvalue weighted by atomic mass is 10.1. The third-order valence-corrected chi connectivity index (χ3v) is 5.85. The Morgan fingerprint density at radius 3 is 2.40 bits per heavy atom. The first kappa shape index (κ1) is 21.7. The van der Waals surface area contributed by atoms with Gasteiger partial charge in [0.15, 0.2) is 9.84 Å². The van der Waals surface area contributed by atoms with Crippen LogP contribution in [0.5, 0.6) is 0 Å². The number of hydrogen-bond acceptors (Lipinski definition) is 4. The molecule has 8 heteroatoms. The minimum absolute atomic E-state index is 0.0352. The zero-order valence-electron chi connectivity index (χ0n) is 16.9. The molecule has 3 rings (SSSR count). The van der Waals surface area contributed by atoms with E-state index in [2.05, 4.69) is 5.32 Å². The molecular formula is C22H23FN2O4S. The number of nitrogens with one attached hydrogen (secondary N) is 1. The third kappa shape index (κ3) is 4.77. The van der Waals surface area contributed by atoms with Gasteiger partial charge in [-0.3, -0.25) is 4.79 Å². The van der Waals surface area contributed by atoms with Gasteiger partial charge in [-0.05, 0) is 61.4 Å². The van der Waals surface area contributed by atoms with E-state index in [0.29, 0.717) is 16.9 Å². The largest absolute Gasteiger partial charge is 0.374 e. The SMILES string of the molecule is Cc1c(CC(=O)NC(C)O)cc(-c2ccc(S(C)(=O)=O)cc2)n1-c1cccc(F)c1. The molecule has 0 saturated carbocycles. The summed E-state index contributed by atoms with van der Waals surface area (Å²) in [7, 11) is -3.33. The van der Waals surface area contributed by atoms with Crippen molar-refractivity contribution in [3.8, 4) is 16.9 Å². The molecule has 0 saturated heterocycles. The predicted octanol–water partition coefficient (Wildman–Crippen LogP) is 2.99. The van der Waals surface area contributed by atoms with E-state index in [1.54, 1.807) is 24.3 Å². The number of hydrogen-bond donors (Lipinski definition) is 2. The van der Waals surface area contributed by atoms with Crippen molar-refractivity contribution in [3.05, 3.63) is 71.7 Å². The molecule has 0 fully saturated rings. The minimum atomic E-state index is -3.33. The van der Waals surface area contributed by atoms with Gasteiger partial charge in [0, 0.05) is 17.6 Å². The summed E-state index contributed by atoms with van der Waals surface area (Å²) in [5.74, 6) is -0.740. The number of rotatable bonds is 6. The monoisotopic (exact) mass is 430 g/mol. The van der Waals surface area contributed by atoms with Crippen LogP contribution < -0.4 is 5.32 Å². The van der Waals surface area contributed by atoms with Crippen molar-refractivity contribution in [2.45, 2.75) is 31.4 Å². The third-order valence-electron chi connectivity index (χ3n) is 4.72. The number of benzene rings is 2. The van der Waals surface area contributed by atoms with Crippen molar-refractivity contribution in [1.29, 1.82) is 0 Å². The van der Waals surface area contributed by atoms with E-state index >= 15 is 0 Å². The maximum atomic E-state index is 13.9. The highest BCUT2D eigenvalue weighted by molar-refractivity contribution is 7.90. The molecule has 1 heterocycles. The second-order valence-corrected chi connectivity index (χ2v) is 9.19. The highest BCUT2D eigenvalue weighted by Gasteiger charge is 2.18. The molecule has 0 aliphatic rings. The molecule has 0 aliphatic carbocycles. The quantitative estimate of drug-likeness (QED) is 0.589. The molecule has 1 aromatic heterocycles. The minimum Gasteiger partial charge on any atom is -0.374 e. The number of amides is 1. The van der Waals surface area contributed by atoms with Gasteiger partial charge < -0.3 is 15.0 Å². The molecule has 0 aliphatic heterocycles. The van der Waals surface area contributed by atoms with Crippen LogP contribution in [-0.2, 0) is 21.1 Å². The summed E-state index contributed by atoms with van der Waals surface area (Å²) in [6, 6.07) is 14.3. The van der Waals surface area contributed by atoms with Gasteiger partial charge in [0.2, 0.25) is 5.91 Å². The fraction of sp³-hybridized carbons (Fsp3) is 0.227. The van der Waals surface area contributed by atoms with Gasteiger partial charge in [0.05, 0.1) is 17.0 Å². The van der Waals surface area contributed by atoms with Crippen LogP contribution in [-0.4, -0.2) is 36.5 Å². The van der Waals surface area contributed by atoms with Gasteiger partial charge in [-0.25, -0.2) is 12.8 Å². The zero-order chi connectivity index (χ0) is 22.1. The van der Waals surface area contributed by atoms with Crippen LogP contribution in [0.25, 0.3) is 16.9 Å². The second kappa shape index (κ2) is 8.41. The summed E-state index contributed by atoms with van der Waals surface area (Å²) in [6.45, 7) is 3.28. The van der Waals surface area contributed by atoms with Crippen LogP contribution in [0, 0.1) is 12.7 Å². The molecule has 158 valence electrons. The lowest BCUT2D eigenvalue weighted by Gasteiger charge is -2.13. The fourth-order valence-electron chi connectivity index (χ4n) is 3.33. The summed E-state index contributed by atoms with van der Waals surface area (Å²) < 4.78 is 39.2. The Labute approximate surface area is 174 Å². The molecule has 1 atom stereocenters. The van der Waals surface area contributed by atoms with Crippen molar-refractivity contribution in [2.24, 2.45) is 0 Å². The molecule has 3 aromatic rings. The Hall–Kier alpha value is -2.97. The van der Waals surface area contributed by atoms with Crippen LogP contribution in [0.1, 0.15) is 18.2 Å². The summed E-state index contributed by atoms with van der Waals surface area (Å²) in [4.78, 5) is 12.4. The number of aromatic nitrogens is 1. The molecule has 0 spiro atoms. The average Bonchev–Trinajstić information content (AvgIpc) is 2.96. The van der Waals surface area contributed by atoms with Gasteiger partial charge in [-0.2, -0.15) is 0 Å². The molecule has 30 heavy (non-hydrogen) atoms. The Morgan fingerprint density at radius 1 is 1.17 bits per heavy atom. The van der Waals surface area contributed by atoms with E-state index in [4.69, 9.17) is 0 Å². The zero-order valence-corrected chi connectivity index (χ0v) is 17.7. The van der Waals surface area contributed by atoms with Gasteiger partial charge in [0.1, 0.15) is 12.0 Å². The first-order valence-electron chi connectivity index (χ1n) is 9.31. The Balaban J connectivity index is 2.13. The highest BCUT2D eigenvalue weighted by Crippen LogP contribution is 2.31. The van der Waals surface area contributed by atoms with E-state index in [0.717, 1.165) is 17.5 Å². The number of carbonyl (C=O) groups excluding carboxylic acids is 1. The Kier molecular flexibility index (Phi) is 6.09. The van der Waals surface area contributed by atoms with Crippen molar-refractivity contribution in [2.75, 3.05) is 6.26 Å². The van der Waals surface area contributed by atoms with E-state index in [1.807, 2.05) is 17.6 Å². The smallest absolute Gasteiger partial charge is 0.226 e. The maximum Gasteiger partial charge on any atom is 0.226 e. The van der Waals surface area contributed by atoms with Crippen LogP contribution in [0.2, 0.25) is 0 Å². The topological polar surface area (TPSA) is 88.4 Å². The maximum absolute atomic E-state index is 13.9. The molecule has 0 bridgehead atoms. The summed E-state index contributed by atoms with van der Waals surface area (Å²) in [5, 5.41) is 11.8. The van der Waals surface area contributed by atoms with Gasteiger partial charge in [0.25, 0.3) is 0 Å². The standard InChI is InChI=1S/C22H23FN2O4S/c1-14-17(12-22(27)24-15(2)26)11-21(25(14)19-6-4-5-18(23)13-19)16-7-9-20(10-8-16)30(3,28)29/h4-11,13,15,26H,12H2,1-3H3,(H,24,27). The number of sulfone groups is 1.